The number of likely N-dealkylation sites (tertiary alicyclic amines) is 1. The summed E-state index contributed by atoms with van der Waals surface area (Å²) in [5.41, 5.74) is -0.764. The molecule has 8 heteroatoms. The van der Waals surface area contributed by atoms with Gasteiger partial charge in [-0.3, -0.25) is 9.59 Å². The zero-order valence-electron chi connectivity index (χ0n) is 14.9. The molecule has 1 saturated carbocycles. The average Bonchev–Trinajstić information content (AvgIpc) is 2.53. The van der Waals surface area contributed by atoms with Gasteiger partial charge in [-0.15, -0.1) is 0 Å². The Morgan fingerprint density at radius 3 is 2.12 bits per heavy atom. The van der Waals surface area contributed by atoms with Crippen molar-refractivity contribution >= 4 is 21.8 Å². The van der Waals surface area contributed by atoms with Crippen LogP contribution in [0.15, 0.2) is 0 Å². The largest absolute Gasteiger partial charge is 0.342 e. The molecule has 7 nitrogen and oxygen atoms in total. The lowest BCUT2D eigenvalue weighted by atomic mass is 9.80. The Hall–Kier alpha value is -1.15. The van der Waals surface area contributed by atoms with Crippen molar-refractivity contribution in [3.05, 3.63) is 0 Å². The van der Waals surface area contributed by atoms with Crippen molar-refractivity contribution in [1.82, 2.24) is 14.5 Å². The third kappa shape index (κ3) is 4.27. The number of nitrogens with zero attached hydrogens (tertiary/aromatic N) is 2. The first-order valence-electron chi connectivity index (χ1n) is 8.67. The lowest BCUT2D eigenvalue weighted by Gasteiger charge is -2.43. The van der Waals surface area contributed by atoms with Crippen LogP contribution in [0, 0.1) is 0 Å². The summed E-state index contributed by atoms with van der Waals surface area (Å²) in [6.07, 6.45) is 6.83. The van der Waals surface area contributed by atoms with E-state index in [1.807, 2.05) is 0 Å². The molecular formula is C16H29N3O4S. The van der Waals surface area contributed by atoms with Gasteiger partial charge in [0.1, 0.15) is 5.54 Å². The van der Waals surface area contributed by atoms with Crippen molar-refractivity contribution in [3.63, 3.8) is 0 Å². The fourth-order valence-electron chi connectivity index (χ4n) is 3.89. The van der Waals surface area contributed by atoms with Gasteiger partial charge >= 0.3 is 0 Å². The van der Waals surface area contributed by atoms with E-state index >= 15 is 0 Å². The SMILES string of the molecule is CC(=O)NC1(C(=O)N2CCC(N(C)S(C)(=O)=O)CC2)CCCCC1. The van der Waals surface area contributed by atoms with Crippen LogP contribution in [0.1, 0.15) is 51.9 Å². The Labute approximate surface area is 144 Å². The topological polar surface area (TPSA) is 86.8 Å². The van der Waals surface area contributed by atoms with E-state index in [0.29, 0.717) is 38.8 Å². The number of carbonyl (C=O) groups excluding carboxylic acids is 2. The van der Waals surface area contributed by atoms with Crippen LogP contribution < -0.4 is 5.32 Å². The minimum Gasteiger partial charge on any atom is -0.342 e. The van der Waals surface area contributed by atoms with Gasteiger partial charge < -0.3 is 10.2 Å². The highest BCUT2D eigenvalue weighted by Crippen LogP contribution is 2.31. The molecule has 0 radical (unpaired) electrons. The molecule has 0 aromatic rings. The van der Waals surface area contributed by atoms with Gasteiger partial charge in [0.25, 0.3) is 0 Å². The summed E-state index contributed by atoms with van der Waals surface area (Å²) < 4.78 is 24.7. The maximum Gasteiger partial charge on any atom is 0.248 e. The fraction of sp³-hybridized carbons (Fsp3) is 0.875. The Kier molecular flexibility index (Phi) is 5.91. The summed E-state index contributed by atoms with van der Waals surface area (Å²) in [7, 11) is -1.62. The van der Waals surface area contributed by atoms with Crippen LogP contribution in [0.4, 0.5) is 0 Å². The minimum absolute atomic E-state index is 0.00198. The number of nitrogens with one attached hydrogen (secondary N) is 1. The highest BCUT2D eigenvalue weighted by atomic mass is 32.2. The number of sulfonamides is 1. The molecule has 0 bridgehead atoms. The Bertz CT molecular complexity index is 576. The predicted molar refractivity (Wildman–Crippen MR) is 91.8 cm³/mol. The Balaban J connectivity index is 2.04. The van der Waals surface area contributed by atoms with Crippen molar-refractivity contribution in [2.75, 3.05) is 26.4 Å². The van der Waals surface area contributed by atoms with Gasteiger partial charge in [-0.25, -0.2) is 12.7 Å². The molecule has 0 unspecified atom stereocenters. The van der Waals surface area contributed by atoms with Crippen molar-refractivity contribution < 1.29 is 18.0 Å². The molecule has 0 aromatic carbocycles. The maximum absolute atomic E-state index is 13.1. The molecule has 2 aliphatic rings. The molecule has 1 heterocycles. The molecule has 2 rings (SSSR count). The smallest absolute Gasteiger partial charge is 0.248 e. The van der Waals surface area contributed by atoms with Crippen molar-refractivity contribution in [2.45, 2.75) is 63.5 Å². The van der Waals surface area contributed by atoms with E-state index in [1.54, 1.807) is 11.9 Å². The van der Waals surface area contributed by atoms with Gasteiger partial charge in [0, 0.05) is 33.1 Å². The second-order valence-corrected chi connectivity index (χ2v) is 9.17. The van der Waals surface area contributed by atoms with Gasteiger partial charge in [0.15, 0.2) is 0 Å². The monoisotopic (exact) mass is 359 g/mol. The van der Waals surface area contributed by atoms with Gasteiger partial charge in [-0.05, 0) is 25.7 Å². The van der Waals surface area contributed by atoms with E-state index in [2.05, 4.69) is 5.32 Å². The van der Waals surface area contributed by atoms with E-state index in [0.717, 1.165) is 19.3 Å². The first kappa shape index (κ1) is 19.2. The lowest BCUT2D eigenvalue weighted by molar-refractivity contribution is -0.144. The van der Waals surface area contributed by atoms with Crippen LogP contribution in [0.2, 0.25) is 0 Å². The van der Waals surface area contributed by atoms with E-state index in [9.17, 15) is 18.0 Å². The highest BCUT2D eigenvalue weighted by Gasteiger charge is 2.43. The molecule has 0 spiro atoms. The number of rotatable bonds is 4. The third-order valence-electron chi connectivity index (χ3n) is 5.32. The number of carbonyl (C=O) groups is 2. The average molecular weight is 359 g/mol. The molecular weight excluding hydrogens is 330 g/mol. The summed E-state index contributed by atoms with van der Waals surface area (Å²) in [4.78, 5) is 26.5. The van der Waals surface area contributed by atoms with E-state index in [-0.39, 0.29) is 17.9 Å². The standard InChI is InChI=1S/C16H29N3O4S/c1-13(20)17-16(9-5-4-6-10-16)15(21)19-11-7-14(8-12-19)18(2)24(3,22)23/h14H,4-12H2,1-3H3,(H,17,20). The Morgan fingerprint density at radius 1 is 1.12 bits per heavy atom. The van der Waals surface area contributed by atoms with Crippen LogP contribution in [0.5, 0.6) is 0 Å². The summed E-state index contributed by atoms with van der Waals surface area (Å²) in [5, 5.41) is 2.91. The normalized spacial score (nSPS) is 22.4. The molecule has 1 N–H and O–H groups in total. The summed E-state index contributed by atoms with van der Waals surface area (Å²) in [6.45, 7) is 2.52. The molecule has 0 atom stereocenters. The zero-order valence-corrected chi connectivity index (χ0v) is 15.7. The van der Waals surface area contributed by atoms with Crippen LogP contribution in [0.25, 0.3) is 0 Å². The molecule has 24 heavy (non-hydrogen) atoms. The summed E-state index contributed by atoms with van der Waals surface area (Å²) in [6, 6.07) is -0.0628. The molecule has 1 aliphatic carbocycles. The van der Waals surface area contributed by atoms with E-state index in [1.165, 1.54) is 17.5 Å². The quantitative estimate of drug-likeness (QED) is 0.801. The second-order valence-electron chi connectivity index (χ2n) is 7.13. The van der Waals surface area contributed by atoms with E-state index in [4.69, 9.17) is 0 Å². The van der Waals surface area contributed by atoms with Gasteiger partial charge in [-0.1, -0.05) is 19.3 Å². The number of piperidine rings is 1. The van der Waals surface area contributed by atoms with Crippen LogP contribution >= 0.6 is 0 Å². The van der Waals surface area contributed by atoms with Crippen molar-refractivity contribution in [2.24, 2.45) is 0 Å². The molecule has 1 aliphatic heterocycles. The molecule has 2 fully saturated rings. The van der Waals surface area contributed by atoms with Crippen molar-refractivity contribution in [1.29, 1.82) is 0 Å². The molecule has 0 aromatic heterocycles. The van der Waals surface area contributed by atoms with Crippen molar-refractivity contribution in [3.8, 4) is 0 Å². The van der Waals surface area contributed by atoms with Gasteiger partial charge in [0.2, 0.25) is 21.8 Å². The first-order valence-corrected chi connectivity index (χ1v) is 10.5. The van der Waals surface area contributed by atoms with Crippen LogP contribution in [0.3, 0.4) is 0 Å². The number of hydrogen-bond donors (Lipinski definition) is 1. The minimum atomic E-state index is -3.22. The lowest BCUT2D eigenvalue weighted by Crippen LogP contribution is -2.61. The summed E-state index contributed by atoms with van der Waals surface area (Å²) >= 11 is 0. The maximum atomic E-state index is 13.1. The number of hydrogen-bond acceptors (Lipinski definition) is 4. The highest BCUT2D eigenvalue weighted by molar-refractivity contribution is 7.88. The molecule has 1 saturated heterocycles. The first-order chi connectivity index (χ1) is 11.2. The second kappa shape index (κ2) is 7.39. The fourth-order valence-corrected chi connectivity index (χ4v) is 4.64. The zero-order chi connectivity index (χ0) is 18.0. The Morgan fingerprint density at radius 2 is 1.67 bits per heavy atom. The molecule has 138 valence electrons. The summed E-state index contributed by atoms with van der Waals surface area (Å²) in [5.74, 6) is -0.171. The van der Waals surface area contributed by atoms with E-state index < -0.39 is 15.6 Å². The van der Waals surface area contributed by atoms with Crippen LogP contribution in [-0.4, -0.2) is 67.4 Å². The van der Waals surface area contributed by atoms with Gasteiger partial charge in [0.05, 0.1) is 6.26 Å². The number of amides is 2. The molecule has 2 amide bonds. The van der Waals surface area contributed by atoms with Gasteiger partial charge in [-0.2, -0.15) is 0 Å². The van der Waals surface area contributed by atoms with Crippen LogP contribution in [-0.2, 0) is 19.6 Å². The third-order valence-corrected chi connectivity index (χ3v) is 6.67. The predicted octanol–water partition coefficient (Wildman–Crippen LogP) is 0.708.